The molecule has 0 aliphatic heterocycles. The van der Waals surface area contributed by atoms with Crippen LogP contribution in [0.3, 0.4) is 0 Å². The molecule has 122 valence electrons. The lowest BCUT2D eigenvalue weighted by Gasteiger charge is -2.04. The van der Waals surface area contributed by atoms with Crippen molar-refractivity contribution in [2.24, 2.45) is 5.10 Å². The summed E-state index contributed by atoms with van der Waals surface area (Å²) in [5.74, 6) is 0.0512. The fourth-order valence-electron chi connectivity index (χ4n) is 1.52. The highest BCUT2D eigenvalue weighted by Gasteiger charge is 2.06. The van der Waals surface area contributed by atoms with Crippen molar-refractivity contribution in [1.29, 1.82) is 0 Å². The lowest BCUT2D eigenvalue weighted by Crippen LogP contribution is -2.24. The Labute approximate surface area is 132 Å². The molecule has 0 fully saturated rings. The standard InChI is InChI=1S/C14H14N2O6S/c1-10-2-4-11(5-3-10)21-9-13(17)16-15-8-12-6-7-14(22-12)23(18,19)20/h2-8H,9H2,1H3,(H,16,17)(H,18,19,20)/p-1/b15-8+. The molecule has 1 aromatic heterocycles. The second-order valence-electron chi connectivity index (χ2n) is 4.51. The summed E-state index contributed by atoms with van der Waals surface area (Å²) in [4.78, 5) is 11.5. The molecule has 1 aromatic carbocycles. The number of hydrogen-bond donors (Lipinski definition) is 1. The minimum Gasteiger partial charge on any atom is -0.742 e. The Kier molecular flexibility index (Phi) is 5.14. The topological polar surface area (TPSA) is 121 Å². The first kappa shape index (κ1) is 16.7. The van der Waals surface area contributed by atoms with Crippen LogP contribution in [0.5, 0.6) is 5.75 Å². The molecule has 0 bridgehead atoms. The van der Waals surface area contributed by atoms with E-state index in [0.29, 0.717) is 5.75 Å². The number of amides is 1. The molecule has 9 heteroatoms. The Morgan fingerprint density at radius 1 is 1.30 bits per heavy atom. The highest BCUT2D eigenvalue weighted by molar-refractivity contribution is 7.85. The zero-order valence-corrected chi connectivity index (χ0v) is 12.9. The summed E-state index contributed by atoms with van der Waals surface area (Å²) < 4.78 is 42.0. The Bertz CT molecular complexity index is 808. The van der Waals surface area contributed by atoms with Crippen molar-refractivity contribution in [1.82, 2.24) is 5.43 Å². The second kappa shape index (κ2) is 7.07. The molecule has 0 atom stereocenters. The van der Waals surface area contributed by atoms with Crippen LogP contribution in [0.2, 0.25) is 0 Å². The Balaban J connectivity index is 1.82. The van der Waals surface area contributed by atoms with Gasteiger partial charge >= 0.3 is 0 Å². The average molecular weight is 337 g/mol. The SMILES string of the molecule is Cc1ccc(OCC(=O)N/N=C/c2ccc(S(=O)(=O)[O-])o2)cc1. The van der Waals surface area contributed by atoms with Gasteiger partial charge in [0.15, 0.2) is 16.7 Å². The number of aryl methyl sites for hydroxylation is 1. The highest BCUT2D eigenvalue weighted by Crippen LogP contribution is 2.12. The van der Waals surface area contributed by atoms with Gasteiger partial charge in [-0.25, -0.2) is 13.8 Å². The van der Waals surface area contributed by atoms with Crippen LogP contribution in [0, 0.1) is 6.92 Å². The Morgan fingerprint density at radius 2 is 2.00 bits per heavy atom. The fraction of sp³-hybridized carbons (Fsp3) is 0.143. The zero-order valence-electron chi connectivity index (χ0n) is 12.1. The lowest BCUT2D eigenvalue weighted by atomic mass is 10.2. The molecule has 1 heterocycles. The molecule has 0 spiro atoms. The van der Waals surface area contributed by atoms with Crippen molar-refractivity contribution in [3.05, 3.63) is 47.7 Å². The normalized spacial score (nSPS) is 11.6. The highest BCUT2D eigenvalue weighted by atomic mass is 32.2. The minimum atomic E-state index is -4.65. The minimum absolute atomic E-state index is 0.0131. The van der Waals surface area contributed by atoms with Gasteiger partial charge in [0.25, 0.3) is 5.91 Å². The quantitative estimate of drug-likeness (QED) is 0.477. The first-order valence-corrected chi connectivity index (χ1v) is 7.82. The first-order chi connectivity index (χ1) is 10.8. The van der Waals surface area contributed by atoms with E-state index in [0.717, 1.165) is 17.8 Å². The largest absolute Gasteiger partial charge is 0.742 e. The van der Waals surface area contributed by atoms with Crippen LogP contribution < -0.4 is 10.2 Å². The van der Waals surface area contributed by atoms with Crippen molar-refractivity contribution in [2.75, 3.05) is 6.61 Å². The number of nitrogens with zero attached hydrogens (tertiary/aromatic N) is 1. The molecule has 1 N–H and O–H groups in total. The van der Waals surface area contributed by atoms with E-state index < -0.39 is 21.1 Å². The number of hydrazone groups is 1. The summed E-state index contributed by atoms with van der Waals surface area (Å²) in [5, 5.41) is 2.85. The van der Waals surface area contributed by atoms with Gasteiger partial charge in [-0.15, -0.1) is 0 Å². The van der Waals surface area contributed by atoms with Gasteiger partial charge < -0.3 is 13.7 Å². The van der Waals surface area contributed by atoms with Crippen LogP contribution in [-0.4, -0.2) is 31.7 Å². The van der Waals surface area contributed by atoms with E-state index in [2.05, 4.69) is 10.5 Å². The molecule has 0 aliphatic rings. The monoisotopic (exact) mass is 337 g/mol. The van der Waals surface area contributed by atoms with Crippen LogP contribution in [0.15, 0.2) is 51.0 Å². The van der Waals surface area contributed by atoms with Crippen LogP contribution in [-0.2, 0) is 14.9 Å². The van der Waals surface area contributed by atoms with Gasteiger partial charge in [-0.05, 0) is 31.2 Å². The predicted molar refractivity (Wildman–Crippen MR) is 79.1 cm³/mol. The molecule has 0 unspecified atom stereocenters. The zero-order chi connectivity index (χ0) is 16.9. The lowest BCUT2D eigenvalue weighted by molar-refractivity contribution is -0.123. The summed E-state index contributed by atoms with van der Waals surface area (Å²) in [6.45, 7) is 1.70. The van der Waals surface area contributed by atoms with Crippen molar-refractivity contribution in [2.45, 2.75) is 12.0 Å². The average Bonchev–Trinajstić information content (AvgIpc) is 2.96. The van der Waals surface area contributed by atoms with Gasteiger partial charge in [-0.2, -0.15) is 5.10 Å². The maximum Gasteiger partial charge on any atom is 0.277 e. The molecular weight excluding hydrogens is 324 g/mol. The second-order valence-corrected chi connectivity index (χ2v) is 5.82. The molecule has 0 saturated heterocycles. The summed E-state index contributed by atoms with van der Waals surface area (Å²) in [7, 11) is -4.65. The molecule has 0 aliphatic carbocycles. The van der Waals surface area contributed by atoms with Crippen molar-refractivity contribution >= 4 is 22.2 Å². The third-order valence-electron chi connectivity index (χ3n) is 2.62. The van der Waals surface area contributed by atoms with E-state index in [-0.39, 0.29) is 12.4 Å². The number of rotatable bonds is 6. The maximum absolute atomic E-state index is 11.5. The number of hydrogen-bond acceptors (Lipinski definition) is 7. The molecule has 2 rings (SSSR count). The van der Waals surface area contributed by atoms with Crippen LogP contribution in [0.25, 0.3) is 0 Å². The van der Waals surface area contributed by atoms with Gasteiger partial charge in [0.2, 0.25) is 5.09 Å². The first-order valence-electron chi connectivity index (χ1n) is 6.42. The number of ether oxygens (including phenoxy) is 1. The third-order valence-corrected chi connectivity index (χ3v) is 3.33. The van der Waals surface area contributed by atoms with E-state index in [4.69, 9.17) is 9.15 Å². The fourth-order valence-corrected chi connectivity index (χ4v) is 1.95. The Morgan fingerprint density at radius 3 is 2.61 bits per heavy atom. The summed E-state index contributed by atoms with van der Waals surface area (Å²) in [6, 6.07) is 9.42. The number of carbonyl (C=O) groups is 1. The van der Waals surface area contributed by atoms with E-state index in [1.54, 1.807) is 12.1 Å². The van der Waals surface area contributed by atoms with E-state index >= 15 is 0 Å². The molecule has 8 nitrogen and oxygen atoms in total. The third kappa shape index (κ3) is 5.24. The van der Waals surface area contributed by atoms with Gasteiger partial charge in [0.1, 0.15) is 11.5 Å². The smallest absolute Gasteiger partial charge is 0.277 e. The van der Waals surface area contributed by atoms with Crippen molar-refractivity contribution in [3.63, 3.8) is 0 Å². The van der Waals surface area contributed by atoms with E-state index in [1.807, 2.05) is 19.1 Å². The summed E-state index contributed by atoms with van der Waals surface area (Å²) >= 11 is 0. The van der Waals surface area contributed by atoms with Crippen LogP contribution in [0.1, 0.15) is 11.3 Å². The number of benzene rings is 1. The number of carbonyl (C=O) groups excluding carboxylic acids is 1. The van der Waals surface area contributed by atoms with Crippen molar-refractivity contribution < 1.29 is 26.9 Å². The van der Waals surface area contributed by atoms with Crippen LogP contribution in [0.4, 0.5) is 0 Å². The number of nitrogens with one attached hydrogen (secondary N) is 1. The van der Waals surface area contributed by atoms with Gasteiger partial charge in [0.05, 0.1) is 6.21 Å². The van der Waals surface area contributed by atoms with Gasteiger partial charge in [-0.1, -0.05) is 17.7 Å². The number of furan rings is 1. The molecular formula is C14H13N2O6S-. The predicted octanol–water partition coefficient (Wildman–Crippen LogP) is 1.02. The summed E-state index contributed by atoms with van der Waals surface area (Å²) in [5.41, 5.74) is 3.25. The van der Waals surface area contributed by atoms with Gasteiger partial charge in [-0.3, -0.25) is 4.79 Å². The maximum atomic E-state index is 11.5. The van der Waals surface area contributed by atoms with E-state index in [9.17, 15) is 17.8 Å². The molecule has 0 saturated carbocycles. The molecule has 23 heavy (non-hydrogen) atoms. The molecule has 1 amide bonds. The Hall–Kier alpha value is -2.65. The van der Waals surface area contributed by atoms with E-state index in [1.165, 1.54) is 6.07 Å². The van der Waals surface area contributed by atoms with Gasteiger partial charge in [0, 0.05) is 0 Å². The van der Waals surface area contributed by atoms with Crippen molar-refractivity contribution in [3.8, 4) is 5.75 Å². The van der Waals surface area contributed by atoms with Crippen LogP contribution >= 0.6 is 0 Å². The summed E-state index contributed by atoms with van der Waals surface area (Å²) in [6.07, 6.45) is 1.07. The molecule has 2 aromatic rings. The molecule has 0 radical (unpaired) electrons.